The highest BCUT2D eigenvalue weighted by Crippen LogP contribution is 2.18. The van der Waals surface area contributed by atoms with E-state index < -0.39 is 0 Å². The molecule has 0 radical (unpaired) electrons. The molecular weight excluding hydrogens is 226 g/mol. The van der Waals surface area contributed by atoms with Crippen molar-refractivity contribution in [1.82, 2.24) is 4.98 Å². The van der Waals surface area contributed by atoms with Crippen molar-refractivity contribution >= 4 is 16.7 Å². The van der Waals surface area contributed by atoms with Crippen LogP contribution in [-0.4, -0.2) is 24.0 Å². The van der Waals surface area contributed by atoms with Gasteiger partial charge in [0.25, 0.3) is 0 Å². The molecule has 94 valence electrons. The van der Waals surface area contributed by atoms with Crippen LogP contribution < -0.4 is 0 Å². The van der Waals surface area contributed by atoms with Gasteiger partial charge in [0.2, 0.25) is 0 Å². The van der Waals surface area contributed by atoms with Gasteiger partial charge in [0.05, 0.1) is 5.52 Å². The molecule has 0 saturated carbocycles. The summed E-state index contributed by atoms with van der Waals surface area (Å²) in [6, 6.07) is 9.38. The number of nitrogens with zero attached hydrogens (tertiary/aromatic N) is 1. The van der Waals surface area contributed by atoms with Crippen LogP contribution in [0.4, 0.5) is 0 Å². The zero-order chi connectivity index (χ0) is 13.1. The lowest BCUT2D eigenvalue weighted by molar-refractivity contribution is 0.0459. The summed E-state index contributed by atoms with van der Waals surface area (Å²) in [5.41, 5.74) is 1.57. The molecule has 3 nitrogen and oxygen atoms in total. The van der Waals surface area contributed by atoms with Gasteiger partial charge in [0, 0.05) is 24.3 Å². The van der Waals surface area contributed by atoms with Crippen LogP contribution in [0.2, 0.25) is 0 Å². The molecule has 0 aliphatic heterocycles. The van der Waals surface area contributed by atoms with Gasteiger partial charge in [-0.15, -0.1) is 0 Å². The second-order valence-corrected chi connectivity index (χ2v) is 4.68. The molecule has 0 amide bonds. The number of carbonyl (C=O) groups excluding carboxylic acids is 1. The van der Waals surface area contributed by atoms with Gasteiger partial charge in [-0.1, -0.05) is 19.9 Å². The third-order valence-electron chi connectivity index (χ3n) is 3.01. The Morgan fingerprint density at radius 1 is 1.28 bits per heavy atom. The van der Waals surface area contributed by atoms with E-state index in [2.05, 4.69) is 4.98 Å². The average Bonchev–Trinajstić information content (AvgIpc) is 2.38. The number of fused-ring (bicyclic) bond motifs is 1. The third kappa shape index (κ3) is 2.41. The maximum Gasteiger partial charge on any atom is 0.191 e. The van der Waals surface area contributed by atoms with E-state index in [-0.39, 0.29) is 17.8 Å². The minimum absolute atomic E-state index is 0.0262. The predicted octanol–water partition coefficient (Wildman–Crippen LogP) is 3.09. The van der Waals surface area contributed by atoms with Crippen LogP contribution in [0.1, 0.15) is 24.2 Å². The molecule has 2 aromatic rings. The standard InChI is InChI=1S/C15H17NO2/c1-10(2)15(18-3)14(17)12-6-7-13-11(9-12)5-4-8-16-13/h4-10,15H,1-3H3. The molecule has 0 spiro atoms. The SMILES string of the molecule is COC(C(=O)c1ccc2ncccc2c1)C(C)C. The van der Waals surface area contributed by atoms with Crippen LogP contribution in [0.15, 0.2) is 36.5 Å². The summed E-state index contributed by atoms with van der Waals surface area (Å²) < 4.78 is 5.27. The molecule has 3 heteroatoms. The fraction of sp³-hybridized carbons (Fsp3) is 0.333. The van der Waals surface area contributed by atoms with Gasteiger partial charge >= 0.3 is 0 Å². The number of methoxy groups -OCH3 is 1. The first kappa shape index (κ1) is 12.7. The number of hydrogen-bond acceptors (Lipinski definition) is 3. The van der Waals surface area contributed by atoms with E-state index in [1.165, 1.54) is 0 Å². The summed E-state index contributed by atoms with van der Waals surface area (Å²) in [6.45, 7) is 3.96. The molecule has 1 aromatic heterocycles. The average molecular weight is 243 g/mol. The van der Waals surface area contributed by atoms with E-state index in [4.69, 9.17) is 4.74 Å². The number of hydrogen-bond donors (Lipinski definition) is 0. The van der Waals surface area contributed by atoms with Crippen LogP contribution in [0.3, 0.4) is 0 Å². The second kappa shape index (κ2) is 5.27. The molecule has 1 unspecified atom stereocenters. The van der Waals surface area contributed by atoms with Crippen molar-refractivity contribution in [2.75, 3.05) is 7.11 Å². The molecular formula is C15H17NO2. The number of benzene rings is 1. The van der Waals surface area contributed by atoms with E-state index in [0.717, 1.165) is 10.9 Å². The van der Waals surface area contributed by atoms with E-state index >= 15 is 0 Å². The number of ketones is 1. The Labute approximate surface area is 107 Å². The molecule has 0 saturated heterocycles. The van der Waals surface area contributed by atoms with Crippen molar-refractivity contribution in [3.05, 3.63) is 42.1 Å². The maximum absolute atomic E-state index is 12.3. The molecule has 18 heavy (non-hydrogen) atoms. The summed E-state index contributed by atoms with van der Waals surface area (Å²) in [6.07, 6.45) is 1.36. The van der Waals surface area contributed by atoms with Crippen LogP contribution in [0.5, 0.6) is 0 Å². The van der Waals surface area contributed by atoms with Gasteiger partial charge in [-0.05, 0) is 30.2 Å². The first-order valence-corrected chi connectivity index (χ1v) is 6.05. The maximum atomic E-state index is 12.3. The highest BCUT2D eigenvalue weighted by atomic mass is 16.5. The predicted molar refractivity (Wildman–Crippen MR) is 71.7 cm³/mol. The van der Waals surface area contributed by atoms with Crippen molar-refractivity contribution in [1.29, 1.82) is 0 Å². The monoisotopic (exact) mass is 243 g/mol. The summed E-state index contributed by atoms with van der Waals surface area (Å²) in [4.78, 5) is 16.6. The second-order valence-electron chi connectivity index (χ2n) is 4.68. The third-order valence-corrected chi connectivity index (χ3v) is 3.01. The highest BCUT2D eigenvalue weighted by Gasteiger charge is 2.22. The number of rotatable bonds is 4. The van der Waals surface area contributed by atoms with Crippen LogP contribution in [-0.2, 0) is 4.74 Å². The van der Waals surface area contributed by atoms with Gasteiger partial charge < -0.3 is 4.74 Å². The summed E-state index contributed by atoms with van der Waals surface area (Å²) in [7, 11) is 1.57. The van der Waals surface area contributed by atoms with Gasteiger partial charge in [0.15, 0.2) is 5.78 Å². The van der Waals surface area contributed by atoms with E-state index in [9.17, 15) is 4.79 Å². The lowest BCUT2D eigenvalue weighted by atomic mass is 9.96. The van der Waals surface area contributed by atoms with Crippen molar-refractivity contribution < 1.29 is 9.53 Å². The van der Waals surface area contributed by atoms with Gasteiger partial charge in [-0.2, -0.15) is 0 Å². The Morgan fingerprint density at radius 2 is 2.06 bits per heavy atom. The number of carbonyl (C=O) groups is 1. The molecule has 0 bridgehead atoms. The Hall–Kier alpha value is -1.74. The number of ether oxygens (including phenoxy) is 1. The fourth-order valence-corrected chi connectivity index (χ4v) is 2.08. The summed E-state index contributed by atoms with van der Waals surface area (Å²) in [5.74, 6) is 0.186. The van der Waals surface area contributed by atoms with Crippen molar-refractivity contribution in [3.63, 3.8) is 0 Å². The highest BCUT2D eigenvalue weighted by molar-refractivity contribution is 6.02. The summed E-state index contributed by atoms with van der Waals surface area (Å²) in [5, 5.41) is 0.974. The summed E-state index contributed by atoms with van der Waals surface area (Å²) >= 11 is 0. The van der Waals surface area contributed by atoms with Crippen molar-refractivity contribution in [2.45, 2.75) is 20.0 Å². The molecule has 0 fully saturated rings. The fourth-order valence-electron chi connectivity index (χ4n) is 2.08. The zero-order valence-corrected chi connectivity index (χ0v) is 10.9. The zero-order valence-electron chi connectivity index (χ0n) is 10.9. The minimum Gasteiger partial charge on any atom is -0.373 e. The van der Waals surface area contributed by atoms with E-state index in [1.54, 1.807) is 13.3 Å². The molecule has 0 N–H and O–H groups in total. The molecule has 1 heterocycles. The smallest absolute Gasteiger partial charge is 0.191 e. The quantitative estimate of drug-likeness (QED) is 0.775. The number of aromatic nitrogens is 1. The molecule has 2 rings (SSSR count). The number of Topliss-reactive ketones (excluding diaryl/α,β-unsaturated/α-hetero) is 1. The largest absolute Gasteiger partial charge is 0.373 e. The van der Waals surface area contributed by atoms with E-state index in [0.29, 0.717) is 5.56 Å². The Bertz CT molecular complexity index is 563. The normalized spacial score (nSPS) is 12.9. The topological polar surface area (TPSA) is 39.2 Å². The molecule has 0 aliphatic rings. The molecule has 0 aliphatic carbocycles. The number of pyridine rings is 1. The lowest BCUT2D eigenvalue weighted by Crippen LogP contribution is -2.28. The van der Waals surface area contributed by atoms with Crippen LogP contribution in [0, 0.1) is 5.92 Å². The first-order chi connectivity index (χ1) is 8.63. The first-order valence-electron chi connectivity index (χ1n) is 6.05. The lowest BCUT2D eigenvalue weighted by Gasteiger charge is -2.17. The molecule has 1 aromatic carbocycles. The van der Waals surface area contributed by atoms with Gasteiger partial charge in [-0.3, -0.25) is 9.78 Å². The van der Waals surface area contributed by atoms with Gasteiger partial charge in [-0.25, -0.2) is 0 Å². The van der Waals surface area contributed by atoms with Crippen molar-refractivity contribution in [2.24, 2.45) is 5.92 Å². The van der Waals surface area contributed by atoms with Gasteiger partial charge in [0.1, 0.15) is 6.10 Å². The van der Waals surface area contributed by atoms with Crippen molar-refractivity contribution in [3.8, 4) is 0 Å². The van der Waals surface area contributed by atoms with E-state index in [1.807, 2.05) is 44.2 Å². The molecule has 1 atom stereocenters. The Kier molecular flexibility index (Phi) is 3.72. The van der Waals surface area contributed by atoms with Crippen LogP contribution in [0.25, 0.3) is 10.9 Å². The minimum atomic E-state index is -0.390. The van der Waals surface area contributed by atoms with Crippen LogP contribution >= 0.6 is 0 Å². The Balaban J connectivity index is 2.38. The Morgan fingerprint density at radius 3 is 2.72 bits per heavy atom.